The van der Waals surface area contributed by atoms with Crippen molar-refractivity contribution in [3.05, 3.63) is 0 Å². The van der Waals surface area contributed by atoms with E-state index in [4.69, 9.17) is 0 Å². The van der Waals surface area contributed by atoms with Crippen LogP contribution in [0.15, 0.2) is 0 Å². The Bertz CT molecular complexity index is 114. The van der Waals surface area contributed by atoms with Crippen molar-refractivity contribution in [2.24, 2.45) is 0 Å². The van der Waals surface area contributed by atoms with Crippen LogP contribution >= 0.6 is 24.2 Å². The summed E-state index contributed by atoms with van der Waals surface area (Å²) in [6.45, 7) is 3.71. The van der Waals surface area contributed by atoms with Crippen LogP contribution in [-0.4, -0.2) is 23.5 Å². The summed E-state index contributed by atoms with van der Waals surface area (Å²) in [7, 11) is 0. The Balaban J connectivity index is 0.000000810. The van der Waals surface area contributed by atoms with Gasteiger partial charge in [0.25, 0.3) is 0 Å². The van der Waals surface area contributed by atoms with Crippen LogP contribution in [0.5, 0.6) is 0 Å². The molecule has 1 rings (SSSR count). The van der Waals surface area contributed by atoms with E-state index in [-0.39, 0.29) is 17.5 Å². The van der Waals surface area contributed by atoms with Gasteiger partial charge in [-0.15, -0.1) is 12.4 Å². The number of halogens is 1. The summed E-state index contributed by atoms with van der Waals surface area (Å²) in [4.78, 5) is 10.5. The Morgan fingerprint density at radius 3 is 2.80 bits per heavy atom. The van der Waals surface area contributed by atoms with E-state index >= 15 is 0 Å². The van der Waals surface area contributed by atoms with E-state index in [2.05, 4.69) is 5.32 Å². The van der Waals surface area contributed by atoms with Gasteiger partial charge in [0.05, 0.1) is 0 Å². The van der Waals surface area contributed by atoms with Crippen LogP contribution in [0.2, 0.25) is 0 Å². The molecule has 1 aliphatic heterocycles. The predicted molar refractivity (Wildman–Crippen MR) is 46.8 cm³/mol. The van der Waals surface area contributed by atoms with Gasteiger partial charge in [0.2, 0.25) is 0 Å². The maximum absolute atomic E-state index is 10.5. The molecule has 1 fully saturated rings. The van der Waals surface area contributed by atoms with Crippen molar-refractivity contribution in [2.45, 2.75) is 18.6 Å². The minimum atomic E-state index is 0. The number of carbonyl (C=O) groups excluding carboxylic acids is 1. The van der Waals surface area contributed by atoms with Gasteiger partial charge in [-0.2, -0.15) is 0 Å². The number of hydrogen-bond donors (Lipinski definition) is 1. The molecule has 0 aliphatic carbocycles. The molecule has 0 saturated carbocycles. The average molecular weight is 182 g/mol. The first kappa shape index (κ1) is 10.3. The molecule has 1 atom stereocenters. The Morgan fingerprint density at radius 1 is 1.70 bits per heavy atom. The fourth-order valence-corrected chi connectivity index (χ4v) is 1.87. The number of hydrogen-bond acceptors (Lipinski definition) is 3. The van der Waals surface area contributed by atoms with Crippen LogP contribution in [0.1, 0.15) is 13.3 Å². The van der Waals surface area contributed by atoms with Gasteiger partial charge in [-0.3, -0.25) is 4.79 Å². The molecule has 60 valence electrons. The lowest BCUT2D eigenvalue weighted by Crippen LogP contribution is -2.11. The molecule has 1 unspecified atom stereocenters. The maximum Gasteiger partial charge on any atom is 0.186 e. The van der Waals surface area contributed by atoms with Crippen molar-refractivity contribution in [1.29, 1.82) is 0 Å². The van der Waals surface area contributed by atoms with Gasteiger partial charge in [-0.1, -0.05) is 11.8 Å². The quantitative estimate of drug-likeness (QED) is 0.656. The number of rotatable bonds is 1. The normalized spacial score (nSPS) is 23.9. The zero-order chi connectivity index (χ0) is 6.69. The van der Waals surface area contributed by atoms with Crippen molar-refractivity contribution in [2.75, 3.05) is 13.1 Å². The van der Waals surface area contributed by atoms with Crippen LogP contribution in [0, 0.1) is 0 Å². The molecule has 1 N–H and O–H groups in total. The summed E-state index contributed by atoms with van der Waals surface area (Å²) < 4.78 is 0. The highest BCUT2D eigenvalue weighted by Crippen LogP contribution is 2.17. The largest absolute Gasteiger partial charge is 0.316 e. The van der Waals surface area contributed by atoms with Crippen molar-refractivity contribution < 1.29 is 4.79 Å². The van der Waals surface area contributed by atoms with Crippen molar-refractivity contribution in [1.82, 2.24) is 5.32 Å². The first-order valence-electron chi connectivity index (χ1n) is 3.17. The highest BCUT2D eigenvalue weighted by Gasteiger charge is 2.15. The molecule has 1 saturated heterocycles. The Morgan fingerprint density at radius 2 is 2.40 bits per heavy atom. The third kappa shape index (κ3) is 3.44. The van der Waals surface area contributed by atoms with Crippen molar-refractivity contribution >= 4 is 29.3 Å². The van der Waals surface area contributed by atoms with Gasteiger partial charge >= 0.3 is 0 Å². The number of thioether (sulfide) groups is 1. The van der Waals surface area contributed by atoms with E-state index in [1.54, 1.807) is 6.92 Å². The van der Waals surface area contributed by atoms with Crippen LogP contribution in [-0.2, 0) is 4.79 Å². The lowest BCUT2D eigenvalue weighted by molar-refractivity contribution is -0.109. The standard InChI is InChI=1S/C6H11NOS.ClH/c1-5(8)9-6-2-3-7-4-6;/h6-7H,2-4H2,1H3;1H. The monoisotopic (exact) mass is 181 g/mol. The SMILES string of the molecule is CC(=O)SC1CCNC1.Cl. The van der Waals surface area contributed by atoms with E-state index < -0.39 is 0 Å². The van der Waals surface area contributed by atoms with E-state index in [0.29, 0.717) is 5.25 Å². The summed E-state index contributed by atoms with van der Waals surface area (Å²) >= 11 is 1.46. The molecule has 10 heavy (non-hydrogen) atoms. The van der Waals surface area contributed by atoms with Gasteiger partial charge < -0.3 is 5.32 Å². The minimum Gasteiger partial charge on any atom is -0.316 e. The van der Waals surface area contributed by atoms with Crippen LogP contribution < -0.4 is 5.32 Å². The van der Waals surface area contributed by atoms with Crippen LogP contribution in [0.25, 0.3) is 0 Å². The molecule has 2 nitrogen and oxygen atoms in total. The molecule has 0 aromatic rings. The molecule has 0 radical (unpaired) electrons. The molecule has 0 bridgehead atoms. The molecule has 0 spiro atoms. The molecule has 0 aromatic carbocycles. The molecule has 1 heterocycles. The lowest BCUT2D eigenvalue weighted by Gasteiger charge is -2.01. The van der Waals surface area contributed by atoms with Crippen LogP contribution in [0.4, 0.5) is 0 Å². The second-order valence-corrected chi connectivity index (χ2v) is 3.70. The smallest absolute Gasteiger partial charge is 0.186 e. The average Bonchev–Trinajstić information content (AvgIpc) is 2.15. The molecule has 0 aromatic heterocycles. The molecule has 4 heteroatoms. The number of carbonyl (C=O) groups is 1. The summed E-state index contributed by atoms with van der Waals surface area (Å²) in [5, 5.41) is 3.99. The second kappa shape index (κ2) is 4.99. The van der Waals surface area contributed by atoms with Gasteiger partial charge in [-0.25, -0.2) is 0 Å². The van der Waals surface area contributed by atoms with E-state index in [1.807, 2.05) is 0 Å². The molecule has 1 aliphatic rings. The summed E-state index contributed by atoms with van der Waals surface area (Å²) in [6, 6.07) is 0. The first-order valence-corrected chi connectivity index (χ1v) is 4.05. The van der Waals surface area contributed by atoms with Gasteiger partial charge in [0.15, 0.2) is 5.12 Å². The molecular weight excluding hydrogens is 170 g/mol. The van der Waals surface area contributed by atoms with E-state index in [0.717, 1.165) is 19.5 Å². The van der Waals surface area contributed by atoms with Gasteiger partial charge in [0, 0.05) is 18.7 Å². The second-order valence-electron chi connectivity index (χ2n) is 2.22. The summed E-state index contributed by atoms with van der Waals surface area (Å²) in [5.41, 5.74) is 0. The fraction of sp³-hybridized carbons (Fsp3) is 0.833. The third-order valence-corrected chi connectivity index (χ3v) is 2.42. The zero-order valence-electron chi connectivity index (χ0n) is 5.92. The summed E-state index contributed by atoms with van der Waals surface area (Å²) in [6.07, 6.45) is 1.14. The van der Waals surface area contributed by atoms with Crippen molar-refractivity contribution in [3.63, 3.8) is 0 Å². The zero-order valence-corrected chi connectivity index (χ0v) is 7.56. The van der Waals surface area contributed by atoms with Gasteiger partial charge in [0.1, 0.15) is 0 Å². The lowest BCUT2D eigenvalue weighted by atomic mass is 10.4. The Labute approximate surface area is 71.5 Å². The maximum atomic E-state index is 10.5. The molecule has 0 amide bonds. The number of nitrogens with one attached hydrogen (secondary N) is 1. The minimum absolute atomic E-state index is 0. The third-order valence-electron chi connectivity index (χ3n) is 1.35. The summed E-state index contributed by atoms with van der Waals surface area (Å²) in [5.74, 6) is 0. The highest BCUT2D eigenvalue weighted by molar-refractivity contribution is 8.14. The van der Waals surface area contributed by atoms with Crippen molar-refractivity contribution in [3.8, 4) is 0 Å². The van der Waals surface area contributed by atoms with Crippen LogP contribution in [0.3, 0.4) is 0 Å². The fourth-order valence-electron chi connectivity index (χ4n) is 0.963. The van der Waals surface area contributed by atoms with E-state index in [9.17, 15) is 4.79 Å². The van der Waals surface area contributed by atoms with E-state index in [1.165, 1.54) is 11.8 Å². The van der Waals surface area contributed by atoms with Gasteiger partial charge in [-0.05, 0) is 13.0 Å². The first-order chi connectivity index (χ1) is 4.29. The Kier molecular flexibility index (Phi) is 5.13. The molecular formula is C6H12ClNOS. The Hall–Kier alpha value is 0.270. The highest BCUT2D eigenvalue weighted by atomic mass is 35.5. The topological polar surface area (TPSA) is 29.1 Å². The predicted octanol–water partition coefficient (Wildman–Crippen LogP) is 1.05.